The molecule has 0 saturated carbocycles. The number of fused-ring (bicyclic) bond motifs is 1. The monoisotopic (exact) mass is 619 g/mol. The van der Waals surface area contributed by atoms with Crippen LogP contribution in [0.25, 0.3) is 11.0 Å². The standard InChI is InChI=1S/C32H31Cl2N5O4/c1-37-20-35-16-24(37)17-39-29-14-22(32(40)41)5-7-28(29)36-31(39)18-38-11-9-25(10-12-38)43-26-4-2-3-21(13-26)19-42-30-8-6-23(33)15-27(30)34/h2-8,13-16,20,25H,9-12,17-19H2,1H3,(H,40,41). The number of nitrogens with zero attached hydrogens (tertiary/aromatic N) is 5. The van der Waals surface area contributed by atoms with Gasteiger partial charge in [0.05, 0.1) is 46.7 Å². The smallest absolute Gasteiger partial charge is 0.335 e. The van der Waals surface area contributed by atoms with Gasteiger partial charge >= 0.3 is 5.97 Å². The van der Waals surface area contributed by atoms with Gasteiger partial charge in [0.2, 0.25) is 0 Å². The van der Waals surface area contributed by atoms with E-state index >= 15 is 0 Å². The van der Waals surface area contributed by atoms with E-state index in [0.29, 0.717) is 35.5 Å². The van der Waals surface area contributed by atoms with Crippen molar-refractivity contribution in [1.82, 2.24) is 24.0 Å². The van der Waals surface area contributed by atoms with E-state index in [2.05, 4.69) is 14.5 Å². The van der Waals surface area contributed by atoms with Gasteiger partial charge in [0.25, 0.3) is 0 Å². The average Bonchev–Trinajstić information content (AvgIpc) is 3.55. The van der Waals surface area contributed by atoms with Gasteiger partial charge < -0.3 is 23.7 Å². The molecule has 5 aromatic rings. The van der Waals surface area contributed by atoms with Gasteiger partial charge in [-0.2, -0.15) is 0 Å². The molecule has 3 aromatic carbocycles. The molecule has 1 aliphatic rings. The number of piperidine rings is 1. The summed E-state index contributed by atoms with van der Waals surface area (Å²) in [5.41, 5.74) is 3.82. The highest BCUT2D eigenvalue weighted by atomic mass is 35.5. The van der Waals surface area contributed by atoms with Crippen molar-refractivity contribution in [3.05, 3.63) is 106 Å². The number of hydrogen-bond donors (Lipinski definition) is 1. The Balaban J connectivity index is 1.09. The number of hydrogen-bond acceptors (Lipinski definition) is 6. The summed E-state index contributed by atoms with van der Waals surface area (Å²) in [6, 6.07) is 18.2. The van der Waals surface area contributed by atoms with Crippen molar-refractivity contribution < 1.29 is 19.4 Å². The summed E-state index contributed by atoms with van der Waals surface area (Å²) in [7, 11) is 1.95. The Morgan fingerprint density at radius 1 is 1.05 bits per heavy atom. The molecule has 9 nitrogen and oxygen atoms in total. The average molecular weight is 621 g/mol. The first-order chi connectivity index (χ1) is 20.8. The zero-order chi connectivity index (χ0) is 29.9. The third-order valence-corrected chi connectivity index (χ3v) is 8.23. The van der Waals surface area contributed by atoms with Gasteiger partial charge in [0, 0.05) is 31.4 Å². The van der Waals surface area contributed by atoms with Crippen LogP contribution in [0.5, 0.6) is 11.5 Å². The lowest BCUT2D eigenvalue weighted by Crippen LogP contribution is -2.38. The Hall–Kier alpha value is -4.05. The lowest BCUT2D eigenvalue weighted by atomic mass is 10.1. The van der Waals surface area contributed by atoms with Crippen molar-refractivity contribution >= 4 is 40.2 Å². The van der Waals surface area contributed by atoms with E-state index in [0.717, 1.165) is 59.8 Å². The van der Waals surface area contributed by atoms with Crippen LogP contribution in [0.15, 0.2) is 73.2 Å². The minimum atomic E-state index is -0.956. The molecule has 2 aromatic heterocycles. The summed E-state index contributed by atoms with van der Waals surface area (Å²) in [6.45, 7) is 3.29. The molecule has 0 amide bonds. The third kappa shape index (κ3) is 6.80. The molecule has 3 heterocycles. The Bertz CT molecular complexity index is 1760. The van der Waals surface area contributed by atoms with Gasteiger partial charge in [-0.3, -0.25) is 4.90 Å². The van der Waals surface area contributed by atoms with Crippen molar-refractivity contribution in [2.75, 3.05) is 13.1 Å². The molecule has 43 heavy (non-hydrogen) atoms. The second-order valence-corrected chi connectivity index (χ2v) is 11.6. The number of imidazole rings is 2. The van der Waals surface area contributed by atoms with Crippen molar-refractivity contribution in [3.63, 3.8) is 0 Å². The van der Waals surface area contributed by atoms with Crippen LogP contribution in [-0.4, -0.2) is 54.3 Å². The van der Waals surface area contributed by atoms with Gasteiger partial charge in [0.1, 0.15) is 30.0 Å². The van der Waals surface area contributed by atoms with E-state index in [9.17, 15) is 9.90 Å². The summed E-state index contributed by atoms with van der Waals surface area (Å²) >= 11 is 12.2. The van der Waals surface area contributed by atoms with Gasteiger partial charge in [-0.25, -0.2) is 14.8 Å². The summed E-state index contributed by atoms with van der Waals surface area (Å²) in [6.07, 6.45) is 5.45. The second-order valence-electron chi connectivity index (χ2n) is 10.7. The molecule has 6 rings (SSSR count). The molecule has 0 aliphatic carbocycles. The number of carbonyl (C=O) groups is 1. The van der Waals surface area contributed by atoms with Crippen LogP contribution in [0.2, 0.25) is 10.0 Å². The first kappa shape index (κ1) is 29.0. The highest BCUT2D eigenvalue weighted by Gasteiger charge is 2.23. The van der Waals surface area contributed by atoms with E-state index < -0.39 is 5.97 Å². The van der Waals surface area contributed by atoms with E-state index in [4.69, 9.17) is 37.7 Å². The van der Waals surface area contributed by atoms with E-state index in [1.54, 1.807) is 42.7 Å². The molecule has 0 bridgehead atoms. The summed E-state index contributed by atoms with van der Waals surface area (Å²) < 4.78 is 16.3. The fraction of sp³-hybridized carbons (Fsp3) is 0.281. The van der Waals surface area contributed by atoms with Crippen molar-refractivity contribution in [2.45, 2.75) is 38.6 Å². The van der Waals surface area contributed by atoms with Gasteiger partial charge in [-0.1, -0.05) is 35.3 Å². The molecule has 0 atom stereocenters. The Labute approximate surface area is 259 Å². The number of ether oxygens (including phenoxy) is 2. The molecule has 0 spiro atoms. The second kappa shape index (κ2) is 12.7. The Kier molecular flexibility index (Phi) is 8.56. The van der Waals surface area contributed by atoms with Crippen LogP contribution in [0.4, 0.5) is 0 Å². The maximum Gasteiger partial charge on any atom is 0.335 e. The summed E-state index contributed by atoms with van der Waals surface area (Å²) in [5.74, 6) is 1.34. The molecule has 1 fully saturated rings. The molecular weight excluding hydrogens is 589 g/mol. The minimum absolute atomic E-state index is 0.101. The molecule has 11 heteroatoms. The molecule has 0 unspecified atom stereocenters. The number of carboxylic acid groups (broad SMARTS) is 1. The van der Waals surface area contributed by atoms with Gasteiger partial charge in [-0.05, 0) is 66.9 Å². The maximum atomic E-state index is 11.7. The fourth-order valence-corrected chi connectivity index (χ4v) is 5.80. The van der Waals surface area contributed by atoms with Crippen LogP contribution >= 0.6 is 23.2 Å². The molecule has 0 radical (unpaired) electrons. The quantitative estimate of drug-likeness (QED) is 0.192. The highest BCUT2D eigenvalue weighted by molar-refractivity contribution is 6.35. The number of aromatic carboxylic acids is 1. The largest absolute Gasteiger partial charge is 0.490 e. The highest BCUT2D eigenvalue weighted by Crippen LogP contribution is 2.29. The lowest BCUT2D eigenvalue weighted by Gasteiger charge is -2.32. The molecule has 222 valence electrons. The van der Waals surface area contributed by atoms with Crippen molar-refractivity contribution in [2.24, 2.45) is 7.05 Å². The predicted molar refractivity (Wildman–Crippen MR) is 165 cm³/mol. The number of halogens is 2. The molecular formula is C32H31Cl2N5O4. The number of aryl methyl sites for hydroxylation is 1. The first-order valence-corrected chi connectivity index (χ1v) is 14.8. The summed E-state index contributed by atoms with van der Waals surface area (Å²) in [4.78, 5) is 23.2. The normalized spacial score (nSPS) is 14.3. The number of aromatic nitrogens is 4. The van der Waals surface area contributed by atoms with E-state index in [1.807, 2.05) is 42.1 Å². The first-order valence-electron chi connectivity index (χ1n) is 14.1. The van der Waals surface area contributed by atoms with E-state index in [-0.39, 0.29) is 11.7 Å². The molecule has 1 saturated heterocycles. The maximum absolute atomic E-state index is 11.7. The van der Waals surface area contributed by atoms with Crippen molar-refractivity contribution in [1.29, 1.82) is 0 Å². The van der Waals surface area contributed by atoms with Crippen molar-refractivity contribution in [3.8, 4) is 11.5 Å². The SMILES string of the molecule is Cn1cncc1Cn1c(CN2CCC(Oc3cccc(COc4ccc(Cl)cc4Cl)c3)CC2)nc2ccc(C(=O)O)cc21. The third-order valence-electron chi connectivity index (χ3n) is 7.70. The van der Waals surface area contributed by atoms with Crippen LogP contribution in [-0.2, 0) is 26.7 Å². The number of benzene rings is 3. The van der Waals surface area contributed by atoms with Gasteiger partial charge in [0.15, 0.2) is 0 Å². The summed E-state index contributed by atoms with van der Waals surface area (Å²) in [5, 5.41) is 10.6. The fourth-order valence-electron chi connectivity index (χ4n) is 5.34. The van der Waals surface area contributed by atoms with Crippen LogP contribution < -0.4 is 9.47 Å². The number of likely N-dealkylation sites (tertiary alicyclic amines) is 1. The number of rotatable bonds is 10. The molecule has 1 aliphatic heterocycles. The molecule has 1 N–H and O–H groups in total. The van der Waals surface area contributed by atoms with Crippen LogP contribution in [0.1, 0.15) is 40.3 Å². The van der Waals surface area contributed by atoms with Crippen LogP contribution in [0, 0.1) is 0 Å². The predicted octanol–water partition coefficient (Wildman–Crippen LogP) is 6.45. The Morgan fingerprint density at radius 3 is 2.63 bits per heavy atom. The number of carboxylic acids is 1. The van der Waals surface area contributed by atoms with Crippen LogP contribution in [0.3, 0.4) is 0 Å². The van der Waals surface area contributed by atoms with Gasteiger partial charge in [-0.15, -0.1) is 0 Å². The topological polar surface area (TPSA) is 94.6 Å². The zero-order valence-corrected chi connectivity index (χ0v) is 25.1. The van der Waals surface area contributed by atoms with E-state index in [1.165, 1.54) is 0 Å². The zero-order valence-electron chi connectivity index (χ0n) is 23.6. The Morgan fingerprint density at radius 2 is 1.88 bits per heavy atom. The lowest BCUT2D eigenvalue weighted by molar-refractivity contribution is 0.0697. The minimum Gasteiger partial charge on any atom is -0.490 e.